The molecule has 0 N–H and O–H groups in total. The molecule has 0 aromatic heterocycles. The van der Waals surface area contributed by atoms with E-state index in [1.165, 1.54) is 6.07 Å². The Morgan fingerprint density at radius 1 is 1.33 bits per heavy atom. The maximum Gasteiger partial charge on any atom is 0.132 e. The Kier molecular flexibility index (Phi) is 4.01. The van der Waals surface area contributed by atoms with Crippen LogP contribution in [0.3, 0.4) is 0 Å². The molecule has 0 amide bonds. The number of ketones is 1. The fourth-order valence-corrected chi connectivity index (χ4v) is 1.70. The summed E-state index contributed by atoms with van der Waals surface area (Å²) in [6, 6.07) is 3.48. The van der Waals surface area contributed by atoms with Gasteiger partial charge in [-0.25, -0.2) is 4.39 Å². The lowest BCUT2D eigenvalue weighted by Crippen LogP contribution is -2.02. The summed E-state index contributed by atoms with van der Waals surface area (Å²) in [5.41, 5.74) is 2.55. The molecule has 1 nitrogen and oxygen atoms in total. The van der Waals surface area contributed by atoms with E-state index in [0.29, 0.717) is 24.8 Å². The molecule has 0 atom stereocenters. The molecule has 0 spiro atoms. The van der Waals surface area contributed by atoms with Crippen LogP contribution in [0, 0.1) is 19.7 Å². The van der Waals surface area contributed by atoms with Gasteiger partial charge in [-0.15, -0.1) is 0 Å². The first-order valence-corrected chi connectivity index (χ1v) is 5.32. The van der Waals surface area contributed by atoms with Crippen LogP contribution in [0.25, 0.3) is 0 Å². The quantitative estimate of drug-likeness (QED) is 0.741. The van der Waals surface area contributed by atoms with Crippen molar-refractivity contribution < 1.29 is 9.18 Å². The molecule has 0 saturated heterocycles. The van der Waals surface area contributed by atoms with Crippen LogP contribution >= 0.6 is 0 Å². The van der Waals surface area contributed by atoms with E-state index in [4.69, 9.17) is 0 Å². The lowest BCUT2D eigenvalue weighted by Gasteiger charge is -2.07. The summed E-state index contributed by atoms with van der Waals surface area (Å²) < 4.78 is 13.6. The second kappa shape index (κ2) is 5.06. The predicted octanol–water partition coefficient (Wildman–Crippen LogP) is 3.35. The molecule has 0 saturated carbocycles. The van der Waals surface area contributed by atoms with Crippen molar-refractivity contribution in [2.75, 3.05) is 0 Å². The molecule has 0 aliphatic rings. The van der Waals surface area contributed by atoms with Gasteiger partial charge in [0, 0.05) is 12.8 Å². The molecule has 1 aromatic carbocycles. The second-order valence-electron chi connectivity index (χ2n) is 3.93. The zero-order valence-corrected chi connectivity index (χ0v) is 9.56. The maximum atomic E-state index is 13.6. The third-order valence-electron chi connectivity index (χ3n) is 2.61. The minimum atomic E-state index is -0.184. The summed E-state index contributed by atoms with van der Waals surface area (Å²) in [4.78, 5) is 11.2. The number of halogens is 1. The second-order valence-corrected chi connectivity index (χ2v) is 3.93. The normalized spacial score (nSPS) is 10.4. The molecule has 2 heteroatoms. The molecule has 0 bridgehead atoms. The van der Waals surface area contributed by atoms with Crippen molar-refractivity contribution in [3.63, 3.8) is 0 Å². The Labute approximate surface area is 90.3 Å². The summed E-state index contributed by atoms with van der Waals surface area (Å²) >= 11 is 0. The van der Waals surface area contributed by atoms with Crippen LogP contribution in [0.1, 0.15) is 36.5 Å². The highest BCUT2D eigenvalue weighted by molar-refractivity contribution is 5.78. The summed E-state index contributed by atoms with van der Waals surface area (Å²) in [7, 11) is 0. The lowest BCUT2D eigenvalue weighted by molar-refractivity contribution is -0.118. The number of carbonyl (C=O) groups is 1. The fourth-order valence-electron chi connectivity index (χ4n) is 1.70. The van der Waals surface area contributed by atoms with E-state index in [1.807, 2.05) is 26.8 Å². The van der Waals surface area contributed by atoms with Crippen LogP contribution in [0.15, 0.2) is 12.1 Å². The van der Waals surface area contributed by atoms with Crippen LogP contribution in [0.4, 0.5) is 4.39 Å². The Hall–Kier alpha value is -1.18. The monoisotopic (exact) mass is 208 g/mol. The summed E-state index contributed by atoms with van der Waals surface area (Å²) in [5, 5.41) is 0. The smallest absolute Gasteiger partial charge is 0.132 e. The van der Waals surface area contributed by atoms with Gasteiger partial charge in [-0.05, 0) is 43.0 Å². The van der Waals surface area contributed by atoms with Crippen molar-refractivity contribution in [1.29, 1.82) is 0 Å². The van der Waals surface area contributed by atoms with Crippen molar-refractivity contribution >= 4 is 5.78 Å². The van der Waals surface area contributed by atoms with Crippen LogP contribution in [-0.2, 0) is 11.2 Å². The Bertz CT molecular complexity index is 346. The Balaban J connectivity index is 2.81. The maximum absolute atomic E-state index is 13.6. The highest BCUT2D eigenvalue weighted by Gasteiger charge is 2.08. The van der Waals surface area contributed by atoms with Gasteiger partial charge in [-0.1, -0.05) is 13.0 Å². The summed E-state index contributed by atoms with van der Waals surface area (Å²) in [5.74, 6) is 0.00535. The molecular weight excluding hydrogens is 191 g/mol. The minimum absolute atomic E-state index is 0.184. The standard InChI is InChI=1S/C13H17FO/c1-4-11(15)5-6-12-10(3)7-9(2)8-13(12)14/h7-8H,4-6H2,1-3H3. The van der Waals surface area contributed by atoms with Gasteiger partial charge in [0.05, 0.1) is 0 Å². The molecule has 0 heterocycles. The third-order valence-corrected chi connectivity index (χ3v) is 2.61. The Morgan fingerprint density at radius 3 is 2.53 bits per heavy atom. The first-order chi connectivity index (χ1) is 7.04. The molecule has 1 aromatic rings. The number of Topliss-reactive ketones (excluding diaryl/α,β-unsaturated/α-hetero) is 1. The fraction of sp³-hybridized carbons (Fsp3) is 0.462. The zero-order chi connectivity index (χ0) is 11.4. The largest absolute Gasteiger partial charge is 0.300 e. The number of benzene rings is 1. The topological polar surface area (TPSA) is 17.1 Å². The van der Waals surface area contributed by atoms with Crippen molar-refractivity contribution in [3.8, 4) is 0 Å². The van der Waals surface area contributed by atoms with Gasteiger partial charge in [-0.3, -0.25) is 4.79 Å². The minimum Gasteiger partial charge on any atom is -0.300 e. The molecule has 0 aliphatic heterocycles. The summed E-state index contributed by atoms with van der Waals surface area (Å²) in [6.07, 6.45) is 1.49. The van der Waals surface area contributed by atoms with Crippen LogP contribution in [0.5, 0.6) is 0 Å². The van der Waals surface area contributed by atoms with E-state index >= 15 is 0 Å². The zero-order valence-electron chi connectivity index (χ0n) is 9.56. The molecule has 1 rings (SSSR count). The lowest BCUT2D eigenvalue weighted by atomic mass is 9.99. The van der Waals surface area contributed by atoms with E-state index in [9.17, 15) is 9.18 Å². The SMILES string of the molecule is CCC(=O)CCc1c(C)cc(C)cc1F. The first kappa shape index (κ1) is 11.9. The first-order valence-electron chi connectivity index (χ1n) is 5.32. The van der Waals surface area contributed by atoms with Gasteiger partial charge in [0.25, 0.3) is 0 Å². The Morgan fingerprint density at radius 2 is 2.00 bits per heavy atom. The van der Waals surface area contributed by atoms with E-state index in [1.54, 1.807) is 0 Å². The van der Waals surface area contributed by atoms with Crippen LogP contribution < -0.4 is 0 Å². The van der Waals surface area contributed by atoms with Crippen molar-refractivity contribution in [3.05, 3.63) is 34.6 Å². The van der Waals surface area contributed by atoms with Crippen molar-refractivity contribution in [1.82, 2.24) is 0 Å². The molecule has 0 fully saturated rings. The predicted molar refractivity (Wildman–Crippen MR) is 59.5 cm³/mol. The van der Waals surface area contributed by atoms with E-state index in [0.717, 1.165) is 11.1 Å². The molecular formula is C13H17FO. The van der Waals surface area contributed by atoms with Gasteiger partial charge < -0.3 is 0 Å². The number of carbonyl (C=O) groups excluding carboxylic acids is 1. The van der Waals surface area contributed by atoms with E-state index in [-0.39, 0.29) is 11.6 Å². The van der Waals surface area contributed by atoms with E-state index in [2.05, 4.69) is 0 Å². The molecule has 0 radical (unpaired) electrons. The van der Waals surface area contributed by atoms with Crippen molar-refractivity contribution in [2.24, 2.45) is 0 Å². The van der Waals surface area contributed by atoms with Gasteiger partial charge in [0.15, 0.2) is 0 Å². The molecule has 0 unspecified atom stereocenters. The van der Waals surface area contributed by atoms with Gasteiger partial charge >= 0.3 is 0 Å². The number of hydrogen-bond donors (Lipinski definition) is 0. The average molecular weight is 208 g/mol. The highest BCUT2D eigenvalue weighted by Crippen LogP contribution is 2.17. The van der Waals surface area contributed by atoms with Gasteiger partial charge in [0.2, 0.25) is 0 Å². The van der Waals surface area contributed by atoms with Crippen LogP contribution in [-0.4, -0.2) is 5.78 Å². The van der Waals surface area contributed by atoms with Gasteiger partial charge in [0.1, 0.15) is 11.6 Å². The van der Waals surface area contributed by atoms with E-state index < -0.39 is 0 Å². The molecule has 0 aliphatic carbocycles. The number of rotatable bonds is 4. The van der Waals surface area contributed by atoms with Gasteiger partial charge in [-0.2, -0.15) is 0 Å². The highest BCUT2D eigenvalue weighted by atomic mass is 19.1. The van der Waals surface area contributed by atoms with Crippen molar-refractivity contribution in [2.45, 2.75) is 40.0 Å². The molecule has 82 valence electrons. The molecule has 15 heavy (non-hydrogen) atoms. The number of hydrogen-bond acceptors (Lipinski definition) is 1. The number of aryl methyl sites for hydroxylation is 2. The average Bonchev–Trinajstić information content (AvgIpc) is 2.15. The summed E-state index contributed by atoms with van der Waals surface area (Å²) in [6.45, 7) is 5.60. The third kappa shape index (κ3) is 3.15. The van der Waals surface area contributed by atoms with Crippen LogP contribution in [0.2, 0.25) is 0 Å².